The lowest BCUT2D eigenvalue weighted by Gasteiger charge is -2.36. The highest BCUT2D eigenvalue weighted by molar-refractivity contribution is 6.82. The van der Waals surface area contributed by atoms with Crippen molar-refractivity contribution in [3.63, 3.8) is 0 Å². The average Bonchev–Trinajstić information content (AvgIpc) is 3.15. The van der Waals surface area contributed by atoms with E-state index in [1.54, 1.807) is 11.1 Å². The molecule has 0 aromatic heterocycles. The van der Waals surface area contributed by atoms with Gasteiger partial charge in [-0.1, -0.05) is 73.8 Å². The van der Waals surface area contributed by atoms with Crippen LogP contribution in [0.5, 0.6) is 0 Å². The van der Waals surface area contributed by atoms with Crippen molar-refractivity contribution in [1.82, 2.24) is 0 Å². The largest absolute Gasteiger partial charge is 0.0803 e. The molecule has 1 heteroatoms. The second-order valence-corrected chi connectivity index (χ2v) is 12.5. The maximum Gasteiger partial charge on any atom is 0.0715 e. The third-order valence-corrected chi connectivity index (χ3v) is 10.0. The SMILES string of the molecule is Cc1cccc2c1C([Si](C)(C)C1C=CC=C1)c1c(C)cccc1-2. The van der Waals surface area contributed by atoms with Gasteiger partial charge in [-0.15, -0.1) is 0 Å². The molecule has 0 fully saturated rings. The van der Waals surface area contributed by atoms with Gasteiger partial charge < -0.3 is 0 Å². The molecule has 0 radical (unpaired) electrons. The molecule has 2 aliphatic rings. The Balaban J connectivity index is 2.00. The van der Waals surface area contributed by atoms with Crippen LogP contribution in [0.15, 0.2) is 60.7 Å². The van der Waals surface area contributed by atoms with Crippen LogP contribution in [-0.4, -0.2) is 8.07 Å². The average molecular weight is 317 g/mol. The summed E-state index contributed by atoms with van der Waals surface area (Å²) in [5, 5.41) is 0. The number of benzene rings is 2. The Bertz CT molecular complexity index is 776. The number of hydrogen-bond acceptors (Lipinski definition) is 0. The molecule has 4 rings (SSSR count). The quantitative estimate of drug-likeness (QED) is 0.582. The lowest BCUT2D eigenvalue weighted by Crippen LogP contribution is -2.39. The molecule has 0 nitrogen and oxygen atoms in total. The third-order valence-electron chi connectivity index (χ3n) is 5.87. The first kappa shape index (κ1) is 14.7. The number of aryl methyl sites for hydroxylation is 2. The maximum atomic E-state index is 2.57. The minimum absolute atomic E-state index is 0.590. The van der Waals surface area contributed by atoms with Crippen LogP contribution in [0.25, 0.3) is 11.1 Å². The lowest BCUT2D eigenvalue weighted by atomic mass is 10.0. The van der Waals surface area contributed by atoms with E-state index >= 15 is 0 Å². The molecule has 0 spiro atoms. The highest BCUT2D eigenvalue weighted by Crippen LogP contribution is 2.54. The number of fused-ring (bicyclic) bond motifs is 3. The third kappa shape index (κ3) is 2.03. The van der Waals surface area contributed by atoms with Gasteiger partial charge in [0.25, 0.3) is 0 Å². The highest BCUT2D eigenvalue weighted by Gasteiger charge is 2.45. The molecule has 0 heterocycles. The Hall–Kier alpha value is -1.86. The molecule has 2 aromatic rings. The zero-order valence-electron chi connectivity index (χ0n) is 14.4. The van der Waals surface area contributed by atoms with Gasteiger partial charge in [0, 0.05) is 5.54 Å². The summed E-state index contributed by atoms with van der Waals surface area (Å²) in [6.45, 7) is 9.72. The maximum absolute atomic E-state index is 2.57. The summed E-state index contributed by atoms with van der Waals surface area (Å²) in [6, 6.07) is 13.7. The Morgan fingerprint density at radius 3 is 1.70 bits per heavy atom. The minimum Gasteiger partial charge on any atom is -0.0803 e. The minimum atomic E-state index is -1.58. The van der Waals surface area contributed by atoms with Gasteiger partial charge in [0.2, 0.25) is 0 Å². The van der Waals surface area contributed by atoms with Crippen LogP contribution in [0.3, 0.4) is 0 Å². The van der Waals surface area contributed by atoms with E-state index in [-0.39, 0.29) is 0 Å². The van der Waals surface area contributed by atoms with Gasteiger partial charge >= 0.3 is 0 Å². The summed E-state index contributed by atoms with van der Waals surface area (Å²) in [5.41, 5.74) is 10.3. The number of hydrogen-bond donors (Lipinski definition) is 0. The number of allylic oxidation sites excluding steroid dienone is 4. The zero-order chi connectivity index (χ0) is 16.2. The van der Waals surface area contributed by atoms with Crippen molar-refractivity contribution in [2.24, 2.45) is 0 Å². The van der Waals surface area contributed by atoms with E-state index in [4.69, 9.17) is 0 Å². The van der Waals surface area contributed by atoms with Gasteiger partial charge in [-0.25, -0.2) is 0 Å². The first-order chi connectivity index (χ1) is 11.0. The zero-order valence-corrected chi connectivity index (χ0v) is 15.4. The molecule has 2 aliphatic carbocycles. The topological polar surface area (TPSA) is 0 Å². The smallest absolute Gasteiger partial charge is 0.0715 e. The molecule has 0 aliphatic heterocycles. The Kier molecular flexibility index (Phi) is 3.24. The second-order valence-electron chi connectivity index (χ2n) is 7.62. The van der Waals surface area contributed by atoms with Crippen LogP contribution in [0.2, 0.25) is 18.6 Å². The van der Waals surface area contributed by atoms with Gasteiger partial charge in [0.05, 0.1) is 8.07 Å². The second kappa shape index (κ2) is 5.07. The lowest BCUT2D eigenvalue weighted by molar-refractivity contribution is 1.04. The fraction of sp³-hybridized carbons (Fsp3) is 0.273. The summed E-state index contributed by atoms with van der Waals surface area (Å²) >= 11 is 0. The molecule has 116 valence electrons. The van der Waals surface area contributed by atoms with E-state index < -0.39 is 8.07 Å². The fourth-order valence-electron chi connectivity index (χ4n) is 4.61. The van der Waals surface area contributed by atoms with Crippen molar-refractivity contribution < 1.29 is 0 Å². The Labute approximate surface area is 140 Å². The normalized spacial score (nSPS) is 16.9. The van der Waals surface area contributed by atoms with Crippen LogP contribution < -0.4 is 0 Å². The van der Waals surface area contributed by atoms with Crippen molar-refractivity contribution in [2.45, 2.75) is 38.0 Å². The van der Waals surface area contributed by atoms with Gasteiger partial charge in [-0.3, -0.25) is 0 Å². The first-order valence-electron chi connectivity index (χ1n) is 8.56. The summed E-state index contributed by atoms with van der Waals surface area (Å²) in [7, 11) is -1.58. The molecule has 0 bridgehead atoms. The van der Waals surface area contributed by atoms with Gasteiger partial charge in [-0.2, -0.15) is 0 Å². The summed E-state index contributed by atoms with van der Waals surface area (Å²) in [6.07, 6.45) is 9.29. The van der Waals surface area contributed by atoms with Crippen LogP contribution in [-0.2, 0) is 0 Å². The standard InChI is InChI=1S/C22H24Si/c1-15-9-7-13-18-19-14-8-10-16(2)21(19)22(20(15)18)23(3,4)17-11-5-6-12-17/h5-14,17,22H,1-4H3. The highest BCUT2D eigenvalue weighted by atomic mass is 28.3. The van der Waals surface area contributed by atoms with Gasteiger partial charge in [0.15, 0.2) is 0 Å². The van der Waals surface area contributed by atoms with E-state index in [1.807, 2.05) is 0 Å². The van der Waals surface area contributed by atoms with E-state index in [1.165, 1.54) is 22.3 Å². The molecular weight excluding hydrogens is 292 g/mol. The molecule has 23 heavy (non-hydrogen) atoms. The fourth-order valence-corrected chi connectivity index (χ4v) is 8.46. The van der Waals surface area contributed by atoms with E-state index in [2.05, 4.69) is 87.6 Å². The van der Waals surface area contributed by atoms with E-state index in [0.29, 0.717) is 11.1 Å². The van der Waals surface area contributed by atoms with Gasteiger partial charge in [0.1, 0.15) is 0 Å². The molecule has 0 amide bonds. The van der Waals surface area contributed by atoms with Crippen molar-refractivity contribution >= 4 is 8.07 Å². The van der Waals surface area contributed by atoms with Crippen molar-refractivity contribution in [3.05, 3.63) is 83.0 Å². The van der Waals surface area contributed by atoms with Crippen LogP contribution in [0.1, 0.15) is 27.8 Å². The van der Waals surface area contributed by atoms with Crippen LogP contribution in [0.4, 0.5) is 0 Å². The molecule has 0 atom stereocenters. The Morgan fingerprint density at radius 1 is 0.739 bits per heavy atom. The molecule has 0 N–H and O–H groups in total. The summed E-state index contributed by atoms with van der Waals surface area (Å²) in [4.78, 5) is 0. The Morgan fingerprint density at radius 2 is 1.22 bits per heavy atom. The molecule has 0 unspecified atom stereocenters. The predicted octanol–water partition coefficient (Wildman–Crippen LogP) is 6.16. The van der Waals surface area contributed by atoms with E-state index in [9.17, 15) is 0 Å². The van der Waals surface area contributed by atoms with E-state index in [0.717, 1.165) is 0 Å². The molecule has 2 aromatic carbocycles. The predicted molar refractivity (Wildman–Crippen MR) is 103 cm³/mol. The van der Waals surface area contributed by atoms with Crippen LogP contribution >= 0.6 is 0 Å². The molecular formula is C22H24Si. The monoisotopic (exact) mass is 316 g/mol. The summed E-state index contributed by atoms with van der Waals surface area (Å²) < 4.78 is 0. The molecule has 0 saturated carbocycles. The molecule has 0 saturated heterocycles. The summed E-state index contributed by atoms with van der Waals surface area (Å²) in [5.74, 6) is 0. The van der Waals surface area contributed by atoms with Gasteiger partial charge in [-0.05, 0) is 52.8 Å². The number of rotatable bonds is 2. The first-order valence-corrected chi connectivity index (χ1v) is 11.7. The van der Waals surface area contributed by atoms with Crippen LogP contribution in [0, 0.1) is 13.8 Å². The van der Waals surface area contributed by atoms with Crippen molar-refractivity contribution in [3.8, 4) is 11.1 Å². The van der Waals surface area contributed by atoms with Crippen molar-refractivity contribution in [2.75, 3.05) is 0 Å². The van der Waals surface area contributed by atoms with Crippen molar-refractivity contribution in [1.29, 1.82) is 0 Å².